The molecule has 6 atom stereocenters. The Morgan fingerprint density at radius 1 is 1.52 bits per heavy atom. The molecule has 0 aliphatic heterocycles. The van der Waals surface area contributed by atoms with Gasteiger partial charge in [-0.1, -0.05) is 19.9 Å². The van der Waals surface area contributed by atoms with Crippen molar-refractivity contribution in [3.8, 4) is 0 Å². The van der Waals surface area contributed by atoms with Crippen LogP contribution in [0.4, 0.5) is 0 Å². The van der Waals surface area contributed by atoms with Crippen molar-refractivity contribution < 1.29 is 19.1 Å². The molecule has 27 heavy (non-hydrogen) atoms. The second kappa shape index (κ2) is 8.19. The number of carbonyl (C=O) groups is 1. The molecule has 2 radical (unpaired) electrons. The molecule has 1 saturated carbocycles. The van der Waals surface area contributed by atoms with E-state index in [1.807, 2.05) is 19.1 Å². The van der Waals surface area contributed by atoms with Gasteiger partial charge >= 0.3 is 5.97 Å². The summed E-state index contributed by atoms with van der Waals surface area (Å²) in [6.45, 7) is 9.21. The summed E-state index contributed by atoms with van der Waals surface area (Å²) in [5.74, 6) is 1.39. The SMILES string of the molecule is CC(=O)O[C@@H]1[C][C@@]2(O)[C@H](C)CC[C@@H]([C@H](C)CNCc3ccco3)[C@H]2C=C1C. The van der Waals surface area contributed by atoms with Crippen molar-refractivity contribution in [3.05, 3.63) is 42.2 Å². The van der Waals surface area contributed by atoms with Crippen molar-refractivity contribution in [1.29, 1.82) is 0 Å². The molecule has 0 spiro atoms. The van der Waals surface area contributed by atoms with Crippen LogP contribution in [0.15, 0.2) is 34.5 Å². The first-order valence-corrected chi connectivity index (χ1v) is 9.90. The lowest BCUT2D eigenvalue weighted by molar-refractivity contribution is -0.148. The Kier molecular flexibility index (Phi) is 6.11. The van der Waals surface area contributed by atoms with Gasteiger partial charge in [-0.2, -0.15) is 0 Å². The third kappa shape index (κ3) is 4.30. The maximum absolute atomic E-state index is 11.5. The van der Waals surface area contributed by atoms with Gasteiger partial charge in [0.2, 0.25) is 0 Å². The molecule has 5 heteroatoms. The van der Waals surface area contributed by atoms with E-state index in [-0.39, 0.29) is 17.8 Å². The standard InChI is InChI=1S/C22H31NO4/c1-14-10-20-19(15(2)12-23-13-18-6-5-9-26-18)8-7-16(3)22(20,25)11-21(14)27-17(4)24/h5-6,9-10,15-16,19-21,23,25H,7-8,12-13H2,1-4H3/t15-,16-,19+,20-,21-,22-/m1/s1. The highest BCUT2D eigenvalue weighted by molar-refractivity contribution is 5.66. The van der Waals surface area contributed by atoms with Gasteiger partial charge in [0.15, 0.2) is 0 Å². The molecule has 2 N–H and O–H groups in total. The highest BCUT2D eigenvalue weighted by Crippen LogP contribution is 2.50. The van der Waals surface area contributed by atoms with Crippen molar-refractivity contribution in [2.24, 2.45) is 23.7 Å². The molecule has 2 aliphatic rings. The number of aliphatic hydroxyl groups is 1. The molecule has 0 aromatic carbocycles. The van der Waals surface area contributed by atoms with E-state index in [0.29, 0.717) is 18.4 Å². The summed E-state index contributed by atoms with van der Waals surface area (Å²) in [7, 11) is 0. The van der Waals surface area contributed by atoms with E-state index in [1.165, 1.54) is 6.92 Å². The molecule has 3 rings (SSSR count). The Balaban J connectivity index is 1.70. The van der Waals surface area contributed by atoms with E-state index in [1.54, 1.807) is 6.26 Å². The number of hydrogen-bond acceptors (Lipinski definition) is 5. The van der Waals surface area contributed by atoms with Crippen LogP contribution in [0, 0.1) is 30.1 Å². The number of hydrogen-bond donors (Lipinski definition) is 2. The zero-order valence-electron chi connectivity index (χ0n) is 16.7. The number of furan rings is 1. The summed E-state index contributed by atoms with van der Waals surface area (Å²) >= 11 is 0. The Labute approximate surface area is 162 Å². The molecule has 5 nitrogen and oxygen atoms in total. The molecule has 1 fully saturated rings. The van der Waals surface area contributed by atoms with Crippen LogP contribution in [-0.2, 0) is 16.1 Å². The van der Waals surface area contributed by atoms with E-state index in [0.717, 1.165) is 30.7 Å². The van der Waals surface area contributed by atoms with Crippen LogP contribution in [0.25, 0.3) is 0 Å². The van der Waals surface area contributed by atoms with Gasteiger partial charge in [0, 0.05) is 12.8 Å². The summed E-state index contributed by atoms with van der Waals surface area (Å²) in [6.07, 6.45) is 8.49. The lowest BCUT2D eigenvalue weighted by Crippen LogP contribution is -2.56. The van der Waals surface area contributed by atoms with Crippen LogP contribution in [0.3, 0.4) is 0 Å². The van der Waals surface area contributed by atoms with Crippen LogP contribution in [0.5, 0.6) is 0 Å². The van der Waals surface area contributed by atoms with Crippen LogP contribution >= 0.6 is 0 Å². The van der Waals surface area contributed by atoms with Crippen molar-refractivity contribution in [2.45, 2.75) is 58.8 Å². The van der Waals surface area contributed by atoms with Gasteiger partial charge in [-0.25, -0.2) is 0 Å². The van der Waals surface area contributed by atoms with E-state index >= 15 is 0 Å². The summed E-state index contributed by atoms with van der Waals surface area (Å²) < 4.78 is 10.7. The van der Waals surface area contributed by atoms with Gasteiger partial charge in [-0.05, 0) is 61.8 Å². The zero-order valence-corrected chi connectivity index (χ0v) is 16.7. The summed E-state index contributed by atoms with van der Waals surface area (Å²) in [5.41, 5.74) is -0.104. The number of ether oxygens (including phenoxy) is 1. The minimum absolute atomic E-state index is 0.00605. The maximum Gasteiger partial charge on any atom is 0.303 e. The second-order valence-electron chi connectivity index (χ2n) is 8.23. The van der Waals surface area contributed by atoms with Gasteiger partial charge in [-0.3, -0.25) is 4.79 Å². The monoisotopic (exact) mass is 373 g/mol. The Hall–Kier alpha value is -1.59. The first kappa shape index (κ1) is 20.2. The van der Waals surface area contributed by atoms with Crippen LogP contribution < -0.4 is 5.32 Å². The molecular formula is C22H31NO4. The fourth-order valence-corrected chi connectivity index (χ4v) is 4.59. The molecule has 1 aromatic heterocycles. The topological polar surface area (TPSA) is 71.7 Å². The van der Waals surface area contributed by atoms with Crippen molar-refractivity contribution in [1.82, 2.24) is 5.32 Å². The lowest BCUT2D eigenvalue weighted by Gasteiger charge is -2.52. The van der Waals surface area contributed by atoms with Crippen molar-refractivity contribution in [2.75, 3.05) is 6.54 Å². The smallest absolute Gasteiger partial charge is 0.303 e. The highest BCUT2D eigenvalue weighted by atomic mass is 16.5. The first-order chi connectivity index (χ1) is 12.8. The summed E-state index contributed by atoms with van der Waals surface area (Å²) in [4.78, 5) is 11.4. The Morgan fingerprint density at radius 2 is 2.30 bits per heavy atom. The van der Waals surface area contributed by atoms with Gasteiger partial charge in [0.1, 0.15) is 11.9 Å². The van der Waals surface area contributed by atoms with E-state index in [9.17, 15) is 9.90 Å². The molecule has 0 unspecified atom stereocenters. The van der Waals surface area contributed by atoms with Crippen LogP contribution in [-0.4, -0.2) is 29.3 Å². The summed E-state index contributed by atoms with van der Waals surface area (Å²) in [6, 6.07) is 3.86. The van der Waals surface area contributed by atoms with Crippen LogP contribution in [0.1, 0.15) is 46.3 Å². The third-order valence-corrected chi connectivity index (χ3v) is 6.23. The fourth-order valence-electron chi connectivity index (χ4n) is 4.59. The number of nitrogens with one attached hydrogen (secondary N) is 1. The average molecular weight is 373 g/mol. The van der Waals surface area contributed by atoms with Crippen molar-refractivity contribution >= 4 is 5.97 Å². The van der Waals surface area contributed by atoms with Crippen molar-refractivity contribution in [3.63, 3.8) is 0 Å². The molecule has 148 valence electrons. The van der Waals surface area contributed by atoms with Gasteiger partial charge < -0.3 is 19.6 Å². The third-order valence-electron chi connectivity index (χ3n) is 6.23. The molecule has 1 heterocycles. The normalized spacial score (nSPS) is 34.5. The van der Waals surface area contributed by atoms with Gasteiger partial charge in [-0.15, -0.1) is 0 Å². The Morgan fingerprint density at radius 3 is 2.96 bits per heavy atom. The molecular weight excluding hydrogens is 342 g/mol. The predicted molar refractivity (Wildman–Crippen MR) is 102 cm³/mol. The second-order valence-corrected chi connectivity index (χ2v) is 8.23. The molecule has 0 saturated heterocycles. The maximum atomic E-state index is 11.5. The molecule has 0 bridgehead atoms. The number of esters is 1. The van der Waals surface area contributed by atoms with Gasteiger partial charge in [0.05, 0.1) is 24.8 Å². The largest absolute Gasteiger partial charge is 0.468 e. The number of fused-ring (bicyclic) bond motifs is 1. The summed E-state index contributed by atoms with van der Waals surface area (Å²) in [5, 5.41) is 14.9. The van der Waals surface area contributed by atoms with Crippen LogP contribution in [0.2, 0.25) is 0 Å². The minimum atomic E-state index is -1.06. The molecule has 2 aliphatic carbocycles. The van der Waals surface area contributed by atoms with E-state index in [2.05, 4.69) is 31.7 Å². The lowest BCUT2D eigenvalue weighted by atomic mass is 9.57. The highest BCUT2D eigenvalue weighted by Gasteiger charge is 2.53. The zero-order chi connectivity index (χ0) is 19.6. The first-order valence-electron chi connectivity index (χ1n) is 9.90. The average Bonchev–Trinajstić information content (AvgIpc) is 3.11. The quantitative estimate of drug-likeness (QED) is 0.591. The molecule has 1 aromatic rings. The van der Waals surface area contributed by atoms with E-state index in [4.69, 9.17) is 9.15 Å². The van der Waals surface area contributed by atoms with E-state index < -0.39 is 11.7 Å². The minimum Gasteiger partial charge on any atom is -0.468 e. The number of carbonyl (C=O) groups excluding carboxylic acids is 1. The fraction of sp³-hybridized carbons (Fsp3) is 0.636. The molecule has 0 amide bonds. The van der Waals surface area contributed by atoms with Gasteiger partial charge in [0.25, 0.3) is 0 Å². The predicted octanol–water partition coefficient (Wildman–Crippen LogP) is 3.37. The number of rotatable bonds is 6. The Bertz CT molecular complexity index is 668.